The van der Waals surface area contributed by atoms with Crippen LogP contribution in [-0.4, -0.2) is 25.0 Å². The summed E-state index contributed by atoms with van der Waals surface area (Å²) in [6.07, 6.45) is 0.659. The largest absolute Gasteiger partial charge is 0.507 e. The van der Waals surface area contributed by atoms with Crippen molar-refractivity contribution in [3.63, 3.8) is 0 Å². The van der Waals surface area contributed by atoms with Crippen molar-refractivity contribution in [2.24, 2.45) is 5.10 Å². The van der Waals surface area contributed by atoms with E-state index in [0.717, 1.165) is 32.8 Å². The highest BCUT2D eigenvalue weighted by molar-refractivity contribution is 9.10. The van der Waals surface area contributed by atoms with Crippen LogP contribution < -0.4 is 14.9 Å². The molecule has 0 bridgehead atoms. The van der Waals surface area contributed by atoms with E-state index in [9.17, 15) is 5.11 Å². The lowest BCUT2D eigenvalue weighted by molar-refractivity contribution is 0.386. The number of nitrogens with one attached hydrogen (secondary N) is 1. The zero-order valence-electron chi connectivity index (χ0n) is 12.8. The molecule has 2 N–H and O–H groups in total. The van der Waals surface area contributed by atoms with Gasteiger partial charge in [0, 0.05) is 28.1 Å². The summed E-state index contributed by atoms with van der Waals surface area (Å²) in [6.45, 7) is 0. The highest BCUT2D eigenvalue weighted by atomic mass is 79.9. The Bertz CT molecular complexity index is 761. The second kappa shape index (κ2) is 6.50. The second-order valence-electron chi connectivity index (χ2n) is 5.21. The molecular formula is C17H17BrN2O3. The number of benzene rings is 2. The summed E-state index contributed by atoms with van der Waals surface area (Å²) < 4.78 is 11.6. The van der Waals surface area contributed by atoms with Crippen LogP contribution in [0.4, 0.5) is 0 Å². The van der Waals surface area contributed by atoms with Gasteiger partial charge in [0.2, 0.25) is 0 Å². The first kappa shape index (κ1) is 15.7. The number of hydrogen-bond donors (Lipinski definition) is 2. The van der Waals surface area contributed by atoms with E-state index in [1.807, 2.05) is 24.3 Å². The minimum atomic E-state index is -0.00997. The molecule has 0 fully saturated rings. The Balaban J connectivity index is 1.86. The van der Waals surface area contributed by atoms with E-state index < -0.39 is 0 Å². The first-order chi connectivity index (χ1) is 11.1. The molecule has 3 rings (SSSR count). The van der Waals surface area contributed by atoms with Gasteiger partial charge in [-0.05, 0) is 30.3 Å². The van der Waals surface area contributed by atoms with E-state index in [-0.39, 0.29) is 11.8 Å². The third-order valence-electron chi connectivity index (χ3n) is 3.84. The summed E-state index contributed by atoms with van der Waals surface area (Å²) in [7, 11) is 3.26. The highest BCUT2D eigenvalue weighted by Crippen LogP contribution is 2.35. The van der Waals surface area contributed by atoms with Gasteiger partial charge >= 0.3 is 0 Å². The molecule has 0 spiro atoms. The van der Waals surface area contributed by atoms with Crippen molar-refractivity contribution < 1.29 is 14.6 Å². The number of methoxy groups -OCH3 is 2. The highest BCUT2D eigenvalue weighted by Gasteiger charge is 2.25. The van der Waals surface area contributed by atoms with Crippen LogP contribution in [0.5, 0.6) is 17.2 Å². The number of aromatic hydroxyl groups is 1. The van der Waals surface area contributed by atoms with E-state index in [4.69, 9.17) is 9.47 Å². The maximum atomic E-state index is 10.1. The van der Waals surface area contributed by atoms with Crippen LogP contribution in [-0.2, 0) is 0 Å². The van der Waals surface area contributed by atoms with Gasteiger partial charge in [0.1, 0.15) is 17.2 Å². The minimum absolute atomic E-state index is 0.00997. The molecule has 5 nitrogen and oxygen atoms in total. The zero-order valence-corrected chi connectivity index (χ0v) is 14.4. The van der Waals surface area contributed by atoms with Gasteiger partial charge in [0.05, 0.1) is 26.0 Å². The molecule has 0 aliphatic carbocycles. The molecule has 0 saturated carbocycles. The van der Waals surface area contributed by atoms with Crippen molar-refractivity contribution in [3.8, 4) is 17.2 Å². The first-order valence-electron chi connectivity index (χ1n) is 7.15. The van der Waals surface area contributed by atoms with Crippen molar-refractivity contribution in [1.29, 1.82) is 0 Å². The van der Waals surface area contributed by atoms with E-state index >= 15 is 0 Å². The molecule has 23 heavy (non-hydrogen) atoms. The third-order valence-corrected chi connectivity index (χ3v) is 4.33. The molecule has 1 aliphatic rings. The average Bonchev–Trinajstić information content (AvgIpc) is 3.06. The van der Waals surface area contributed by atoms with E-state index in [2.05, 4.69) is 26.5 Å². The van der Waals surface area contributed by atoms with Crippen LogP contribution in [0.15, 0.2) is 46.0 Å². The molecule has 1 heterocycles. The standard InChI is InChI=1S/C17H17BrN2O3/c1-22-11-4-5-12(17(8-11)23-2)14-9-15(20-19-14)13-7-10(18)3-6-16(13)21/h3-8,14,19,21H,9H2,1-2H3/t14-/m0/s1. The van der Waals surface area contributed by atoms with Crippen molar-refractivity contribution >= 4 is 21.6 Å². The fraction of sp³-hybridized carbons (Fsp3) is 0.235. The SMILES string of the molecule is COc1ccc([C@@H]2CC(c3cc(Br)ccc3O)=NN2)c(OC)c1. The molecular weight excluding hydrogens is 360 g/mol. The van der Waals surface area contributed by atoms with Crippen LogP contribution in [0, 0.1) is 0 Å². The zero-order chi connectivity index (χ0) is 16.4. The molecule has 1 atom stereocenters. The number of hydrazone groups is 1. The number of hydrogen-bond acceptors (Lipinski definition) is 5. The van der Waals surface area contributed by atoms with Gasteiger partial charge in [-0.1, -0.05) is 15.9 Å². The number of halogens is 1. The summed E-state index contributed by atoms with van der Waals surface area (Å²) >= 11 is 3.42. The van der Waals surface area contributed by atoms with Crippen LogP contribution >= 0.6 is 15.9 Å². The number of phenols is 1. The lowest BCUT2D eigenvalue weighted by Gasteiger charge is -2.15. The molecule has 2 aromatic rings. The van der Waals surface area contributed by atoms with Crippen molar-refractivity contribution in [2.45, 2.75) is 12.5 Å². The van der Waals surface area contributed by atoms with Gasteiger partial charge in [0.25, 0.3) is 0 Å². The van der Waals surface area contributed by atoms with Gasteiger partial charge in [0.15, 0.2) is 0 Å². The minimum Gasteiger partial charge on any atom is -0.507 e. The Morgan fingerprint density at radius 2 is 2.00 bits per heavy atom. The summed E-state index contributed by atoms with van der Waals surface area (Å²) in [4.78, 5) is 0. The Labute approximate surface area is 143 Å². The number of nitrogens with zero attached hydrogens (tertiary/aromatic N) is 1. The van der Waals surface area contributed by atoms with Gasteiger partial charge in [-0.25, -0.2) is 0 Å². The smallest absolute Gasteiger partial charge is 0.127 e. The molecule has 6 heteroatoms. The maximum absolute atomic E-state index is 10.1. The summed E-state index contributed by atoms with van der Waals surface area (Å²) in [5.74, 6) is 1.71. The molecule has 0 unspecified atom stereocenters. The van der Waals surface area contributed by atoms with Crippen LogP contribution in [0.1, 0.15) is 23.6 Å². The van der Waals surface area contributed by atoms with E-state index in [1.165, 1.54) is 0 Å². The van der Waals surface area contributed by atoms with Gasteiger partial charge < -0.3 is 20.0 Å². The van der Waals surface area contributed by atoms with Gasteiger partial charge in [-0.15, -0.1) is 0 Å². The van der Waals surface area contributed by atoms with Crippen LogP contribution in [0.25, 0.3) is 0 Å². The predicted octanol–water partition coefficient (Wildman–Crippen LogP) is 3.61. The predicted molar refractivity (Wildman–Crippen MR) is 92.4 cm³/mol. The fourth-order valence-corrected chi connectivity index (χ4v) is 3.00. The van der Waals surface area contributed by atoms with Crippen molar-refractivity contribution in [1.82, 2.24) is 5.43 Å². The first-order valence-corrected chi connectivity index (χ1v) is 7.94. The number of rotatable bonds is 4. The lowest BCUT2D eigenvalue weighted by Crippen LogP contribution is -2.11. The maximum Gasteiger partial charge on any atom is 0.127 e. The molecule has 2 aromatic carbocycles. The molecule has 120 valence electrons. The van der Waals surface area contributed by atoms with Crippen molar-refractivity contribution in [2.75, 3.05) is 14.2 Å². The monoisotopic (exact) mass is 376 g/mol. The molecule has 0 aromatic heterocycles. The molecule has 0 saturated heterocycles. The molecule has 0 amide bonds. The van der Waals surface area contributed by atoms with Crippen LogP contribution in [0.3, 0.4) is 0 Å². The summed E-state index contributed by atoms with van der Waals surface area (Å²) in [5, 5.41) is 14.4. The fourth-order valence-electron chi connectivity index (χ4n) is 2.64. The quantitative estimate of drug-likeness (QED) is 0.855. The average molecular weight is 377 g/mol. The van der Waals surface area contributed by atoms with E-state index in [0.29, 0.717) is 6.42 Å². The second-order valence-corrected chi connectivity index (χ2v) is 6.13. The Kier molecular flexibility index (Phi) is 4.43. The Morgan fingerprint density at radius 3 is 2.74 bits per heavy atom. The molecule has 0 radical (unpaired) electrons. The summed E-state index contributed by atoms with van der Waals surface area (Å²) in [6, 6.07) is 11.0. The van der Waals surface area contributed by atoms with E-state index in [1.54, 1.807) is 26.4 Å². The lowest BCUT2D eigenvalue weighted by atomic mass is 9.98. The number of phenolic OH excluding ortho intramolecular Hbond substituents is 1. The summed E-state index contributed by atoms with van der Waals surface area (Å²) in [5.41, 5.74) is 5.66. The molecule has 1 aliphatic heterocycles. The van der Waals surface area contributed by atoms with Gasteiger partial charge in [-0.3, -0.25) is 0 Å². The van der Waals surface area contributed by atoms with Crippen LogP contribution in [0.2, 0.25) is 0 Å². The van der Waals surface area contributed by atoms with Gasteiger partial charge in [-0.2, -0.15) is 5.10 Å². The Hall–Kier alpha value is -2.21. The number of ether oxygens (including phenoxy) is 2. The third kappa shape index (κ3) is 3.12. The normalized spacial score (nSPS) is 16.7. The Morgan fingerprint density at radius 1 is 1.17 bits per heavy atom. The topological polar surface area (TPSA) is 63.1 Å². The van der Waals surface area contributed by atoms with Crippen molar-refractivity contribution in [3.05, 3.63) is 52.0 Å².